The van der Waals surface area contributed by atoms with Crippen LogP contribution in [0, 0.1) is 0 Å². The van der Waals surface area contributed by atoms with Gasteiger partial charge in [-0.15, -0.1) is 15.3 Å². The summed E-state index contributed by atoms with van der Waals surface area (Å²) in [6, 6.07) is 0. The zero-order valence-electron chi connectivity index (χ0n) is 13.3. The Morgan fingerprint density at radius 2 is 1.90 bits per heavy atom. The summed E-state index contributed by atoms with van der Waals surface area (Å²) in [6.45, 7) is 11.8. The predicted octanol–water partition coefficient (Wildman–Crippen LogP) is 3.50. The number of nitrogens with one attached hydrogen (secondary N) is 1. The minimum absolute atomic E-state index is 0.173. The molecule has 5 nitrogen and oxygen atoms in total. The van der Waals surface area contributed by atoms with Crippen LogP contribution in [0.5, 0.6) is 0 Å². The van der Waals surface area contributed by atoms with E-state index >= 15 is 0 Å². The van der Waals surface area contributed by atoms with Gasteiger partial charge in [0.05, 0.1) is 5.69 Å². The molecule has 0 aliphatic rings. The molecule has 7 heteroatoms. The number of aromatic nitrogens is 4. The lowest BCUT2D eigenvalue weighted by Crippen LogP contribution is -2.36. The largest absolute Gasteiger partial charge is 0.312 e. The van der Waals surface area contributed by atoms with E-state index in [-0.39, 0.29) is 5.54 Å². The first-order chi connectivity index (χ1) is 9.87. The predicted molar refractivity (Wildman–Crippen MR) is 89.0 cm³/mol. The Balaban J connectivity index is 1.94. The highest BCUT2D eigenvalue weighted by Gasteiger charge is 2.17. The summed E-state index contributed by atoms with van der Waals surface area (Å²) < 4.78 is 4.05. The van der Waals surface area contributed by atoms with Gasteiger partial charge in [-0.3, -0.25) is 0 Å². The van der Waals surface area contributed by atoms with Crippen molar-refractivity contribution in [2.75, 3.05) is 6.54 Å². The molecule has 0 amide bonds. The monoisotopic (exact) mass is 325 g/mol. The summed E-state index contributed by atoms with van der Waals surface area (Å²) >= 11 is 3.07. The summed E-state index contributed by atoms with van der Waals surface area (Å²) in [6.07, 6.45) is 2.04. The highest BCUT2D eigenvalue weighted by atomic mass is 32.1. The normalized spacial score (nSPS) is 12.3. The van der Waals surface area contributed by atoms with Crippen LogP contribution in [0.4, 0.5) is 0 Å². The number of hydrogen-bond acceptors (Lipinski definition) is 7. The molecule has 0 fully saturated rings. The van der Waals surface area contributed by atoms with Gasteiger partial charge < -0.3 is 5.32 Å². The fourth-order valence-electron chi connectivity index (χ4n) is 1.87. The second-order valence-electron chi connectivity index (χ2n) is 6.42. The van der Waals surface area contributed by atoms with Crippen LogP contribution in [0.15, 0.2) is 0 Å². The summed E-state index contributed by atoms with van der Waals surface area (Å²) in [5.74, 6) is 0.363. The van der Waals surface area contributed by atoms with Crippen molar-refractivity contribution in [2.45, 2.75) is 58.9 Å². The second kappa shape index (κ2) is 6.89. The van der Waals surface area contributed by atoms with E-state index < -0.39 is 0 Å². The van der Waals surface area contributed by atoms with Gasteiger partial charge in [-0.05, 0) is 51.2 Å². The number of rotatable bonds is 6. The average molecular weight is 326 g/mol. The molecule has 0 aliphatic heterocycles. The smallest absolute Gasteiger partial charge is 0.161 e. The van der Waals surface area contributed by atoms with E-state index in [1.54, 1.807) is 11.3 Å². The van der Waals surface area contributed by atoms with E-state index in [2.05, 4.69) is 59.7 Å². The summed E-state index contributed by atoms with van der Waals surface area (Å²) in [5, 5.41) is 18.3. The molecule has 0 saturated heterocycles. The van der Waals surface area contributed by atoms with E-state index in [0.29, 0.717) is 5.92 Å². The van der Waals surface area contributed by atoms with E-state index in [9.17, 15) is 0 Å². The third-order valence-electron chi connectivity index (χ3n) is 2.94. The van der Waals surface area contributed by atoms with Crippen LogP contribution in [-0.4, -0.2) is 31.9 Å². The first-order valence-corrected chi connectivity index (χ1v) is 8.86. The van der Waals surface area contributed by atoms with Crippen molar-refractivity contribution in [1.29, 1.82) is 0 Å². The van der Waals surface area contributed by atoms with Crippen molar-refractivity contribution in [3.05, 3.63) is 10.7 Å². The van der Waals surface area contributed by atoms with Gasteiger partial charge in [0.25, 0.3) is 0 Å². The molecule has 0 bridgehead atoms. The fourth-order valence-corrected chi connectivity index (χ4v) is 3.64. The minimum atomic E-state index is 0.173. The molecular formula is C14H23N5S2. The minimum Gasteiger partial charge on any atom is -0.312 e. The van der Waals surface area contributed by atoms with Gasteiger partial charge in [-0.1, -0.05) is 29.7 Å². The molecule has 0 spiro atoms. The SMILES string of the molecule is CC(C)c1nnsc1-c1nnc(CCCNC(C)(C)C)s1. The van der Waals surface area contributed by atoms with Crippen LogP contribution < -0.4 is 5.32 Å². The Hall–Kier alpha value is -0.920. The first-order valence-electron chi connectivity index (χ1n) is 7.27. The highest BCUT2D eigenvalue weighted by molar-refractivity contribution is 7.19. The number of aryl methyl sites for hydroxylation is 1. The zero-order valence-corrected chi connectivity index (χ0v) is 14.9. The van der Waals surface area contributed by atoms with E-state index in [1.165, 1.54) is 11.5 Å². The molecular weight excluding hydrogens is 302 g/mol. The molecule has 2 aromatic heterocycles. The van der Waals surface area contributed by atoms with Crippen LogP contribution in [0.3, 0.4) is 0 Å². The maximum absolute atomic E-state index is 4.31. The Bertz CT molecular complexity index is 568. The molecule has 0 atom stereocenters. The van der Waals surface area contributed by atoms with Gasteiger partial charge in [0, 0.05) is 12.0 Å². The van der Waals surface area contributed by atoms with E-state index in [0.717, 1.165) is 40.0 Å². The van der Waals surface area contributed by atoms with Crippen LogP contribution in [0.2, 0.25) is 0 Å². The van der Waals surface area contributed by atoms with Crippen molar-refractivity contribution < 1.29 is 0 Å². The van der Waals surface area contributed by atoms with Gasteiger partial charge in [0.1, 0.15) is 9.88 Å². The average Bonchev–Trinajstić information content (AvgIpc) is 3.01. The number of nitrogens with zero attached hydrogens (tertiary/aromatic N) is 4. The Kier molecular flexibility index (Phi) is 5.40. The van der Waals surface area contributed by atoms with Gasteiger partial charge in [-0.2, -0.15) is 0 Å². The molecule has 0 radical (unpaired) electrons. The van der Waals surface area contributed by atoms with Gasteiger partial charge in [0.2, 0.25) is 0 Å². The molecule has 21 heavy (non-hydrogen) atoms. The van der Waals surface area contributed by atoms with Crippen molar-refractivity contribution in [3.8, 4) is 9.88 Å². The Morgan fingerprint density at radius 3 is 2.57 bits per heavy atom. The summed E-state index contributed by atoms with van der Waals surface area (Å²) in [5.41, 5.74) is 1.20. The molecule has 2 aromatic rings. The van der Waals surface area contributed by atoms with E-state index in [1.807, 2.05) is 0 Å². The Morgan fingerprint density at radius 1 is 1.14 bits per heavy atom. The standard InChI is InChI=1S/C14H23N5S2/c1-9(2)11-12(21-19-17-11)13-18-16-10(20-13)7-6-8-15-14(3,4)5/h9,15H,6-8H2,1-5H3. The molecule has 1 N–H and O–H groups in total. The van der Waals surface area contributed by atoms with Crippen molar-refractivity contribution in [1.82, 2.24) is 25.1 Å². The molecule has 2 heterocycles. The molecule has 2 rings (SSSR count). The van der Waals surface area contributed by atoms with Crippen LogP contribution in [0.25, 0.3) is 9.88 Å². The van der Waals surface area contributed by atoms with Gasteiger partial charge in [0.15, 0.2) is 5.01 Å². The molecule has 0 aromatic carbocycles. The lowest BCUT2D eigenvalue weighted by atomic mass is 10.1. The van der Waals surface area contributed by atoms with E-state index in [4.69, 9.17) is 0 Å². The van der Waals surface area contributed by atoms with Crippen LogP contribution in [-0.2, 0) is 6.42 Å². The highest BCUT2D eigenvalue weighted by Crippen LogP contribution is 2.32. The first kappa shape index (κ1) is 16.5. The Labute approximate surface area is 134 Å². The zero-order chi connectivity index (χ0) is 15.5. The molecule has 0 aliphatic carbocycles. The molecule has 0 saturated carbocycles. The van der Waals surface area contributed by atoms with Crippen molar-refractivity contribution >= 4 is 22.9 Å². The summed E-state index contributed by atoms with van der Waals surface area (Å²) in [4.78, 5) is 1.07. The topological polar surface area (TPSA) is 63.6 Å². The third-order valence-corrected chi connectivity index (χ3v) is 4.82. The summed E-state index contributed by atoms with van der Waals surface area (Å²) in [7, 11) is 0. The third kappa shape index (κ3) is 4.79. The quantitative estimate of drug-likeness (QED) is 0.824. The molecule has 116 valence electrons. The van der Waals surface area contributed by atoms with Crippen LogP contribution in [0.1, 0.15) is 57.7 Å². The van der Waals surface area contributed by atoms with Crippen LogP contribution >= 0.6 is 22.9 Å². The maximum atomic E-state index is 4.31. The van der Waals surface area contributed by atoms with Gasteiger partial charge in [-0.25, -0.2) is 0 Å². The van der Waals surface area contributed by atoms with Crippen molar-refractivity contribution in [2.24, 2.45) is 0 Å². The number of hydrogen-bond donors (Lipinski definition) is 1. The molecule has 0 unspecified atom stereocenters. The fraction of sp³-hybridized carbons (Fsp3) is 0.714. The lowest BCUT2D eigenvalue weighted by molar-refractivity contribution is 0.422. The van der Waals surface area contributed by atoms with Gasteiger partial charge >= 0.3 is 0 Å². The second-order valence-corrected chi connectivity index (χ2v) is 8.24. The maximum Gasteiger partial charge on any atom is 0.161 e. The lowest BCUT2D eigenvalue weighted by Gasteiger charge is -2.20. The van der Waals surface area contributed by atoms with Crippen molar-refractivity contribution in [3.63, 3.8) is 0 Å².